The van der Waals surface area contributed by atoms with Crippen LogP contribution in [-0.2, 0) is 10.8 Å². The van der Waals surface area contributed by atoms with Crippen molar-refractivity contribution >= 4 is 0 Å². The summed E-state index contributed by atoms with van der Waals surface area (Å²) in [6.45, 7) is 10.5. The summed E-state index contributed by atoms with van der Waals surface area (Å²) in [5.41, 5.74) is 4.76. The molecule has 0 aromatic heterocycles. The van der Waals surface area contributed by atoms with Crippen LogP contribution in [0.3, 0.4) is 0 Å². The molecule has 0 amide bonds. The van der Waals surface area contributed by atoms with Crippen LogP contribution in [0.1, 0.15) is 55.0 Å². The molecule has 0 spiro atoms. The van der Waals surface area contributed by atoms with E-state index in [4.69, 9.17) is 0 Å². The third-order valence-electron chi connectivity index (χ3n) is 5.30. The Bertz CT molecular complexity index is 759. The van der Waals surface area contributed by atoms with Crippen LogP contribution in [0.2, 0.25) is 0 Å². The van der Waals surface area contributed by atoms with E-state index in [0.717, 1.165) is 28.7 Å². The molecule has 0 unspecified atom stereocenters. The van der Waals surface area contributed by atoms with Gasteiger partial charge in [0.25, 0.3) is 0 Å². The van der Waals surface area contributed by atoms with Crippen molar-refractivity contribution in [2.45, 2.75) is 51.9 Å². The number of fused-ring (bicyclic) bond motifs is 1. The van der Waals surface area contributed by atoms with Crippen LogP contribution in [0.5, 0.6) is 11.5 Å². The highest BCUT2D eigenvalue weighted by Crippen LogP contribution is 2.56. The second kappa shape index (κ2) is 4.52. The minimum absolute atomic E-state index is 0.00420. The standard InChI is InChI=1S/C20H24O2/c1-12-6-8-14(10-16(12)21)20(5)11-19(3,4)15-9-7-13(2)18(22)17(15)20/h6-10,21-22H,11H2,1-5H3/t20-/m1/s1. The minimum atomic E-state index is -0.292. The summed E-state index contributed by atoms with van der Waals surface area (Å²) in [4.78, 5) is 0. The SMILES string of the molecule is Cc1ccc([C@@]2(C)CC(C)(C)c3ccc(C)c(O)c32)cc1O. The van der Waals surface area contributed by atoms with Crippen LogP contribution in [0.4, 0.5) is 0 Å². The van der Waals surface area contributed by atoms with Crippen molar-refractivity contribution in [1.29, 1.82) is 0 Å². The smallest absolute Gasteiger partial charge is 0.122 e. The van der Waals surface area contributed by atoms with Crippen molar-refractivity contribution in [3.63, 3.8) is 0 Å². The van der Waals surface area contributed by atoms with Crippen LogP contribution < -0.4 is 0 Å². The van der Waals surface area contributed by atoms with Gasteiger partial charge in [-0.05, 0) is 54.0 Å². The average Bonchev–Trinajstić information content (AvgIpc) is 2.65. The molecule has 116 valence electrons. The lowest BCUT2D eigenvalue weighted by Crippen LogP contribution is -2.23. The van der Waals surface area contributed by atoms with Gasteiger partial charge in [-0.1, -0.05) is 45.0 Å². The number of phenols is 2. The molecule has 22 heavy (non-hydrogen) atoms. The van der Waals surface area contributed by atoms with Crippen LogP contribution in [0, 0.1) is 13.8 Å². The Hall–Kier alpha value is -1.96. The number of aromatic hydroxyl groups is 2. The van der Waals surface area contributed by atoms with E-state index >= 15 is 0 Å². The van der Waals surface area contributed by atoms with E-state index in [1.165, 1.54) is 5.56 Å². The van der Waals surface area contributed by atoms with E-state index < -0.39 is 0 Å². The Morgan fingerprint density at radius 1 is 0.909 bits per heavy atom. The summed E-state index contributed by atoms with van der Waals surface area (Å²) in [5, 5.41) is 20.8. The molecular formula is C20H24O2. The molecule has 0 heterocycles. The van der Waals surface area contributed by atoms with E-state index in [9.17, 15) is 10.2 Å². The van der Waals surface area contributed by atoms with E-state index in [1.54, 1.807) is 0 Å². The zero-order chi connectivity index (χ0) is 16.3. The van der Waals surface area contributed by atoms with Gasteiger partial charge in [-0.2, -0.15) is 0 Å². The lowest BCUT2D eigenvalue weighted by Gasteiger charge is -2.29. The van der Waals surface area contributed by atoms with Gasteiger partial charge in [0.2, 0.25) is 0 Å². The first-order chi connectivity index (χ1) is 10.2. The summed E-state index contributed by atoms with van der Waals surface area (Å²) in [5.74, 6) is 0.711. The number of phenolic OH excluding ortho intramolecular Hbond substituents is 2. The molecule has 2 N–H and O–H groups in total. The van der Waals surface area contributed by atoms with Crippen LogP contribution >= 0.6 is 0 Å². The normalized spacial score (nSPS) is 22.6. The predicted molar refractivity (Wildman–Crippen MR) is 89.8 cm³/mol. The zero-order valence-electron chi connectivity index (χ0n) is 14.0. The van der Waals surface area contributed by atoms with Gasteiger partial charge >= 0.3 is 0 Å². The molecule has 2 nitrogen and oxygen atoms in total. The van der Waals surface area contributed by atoms with Gasteiger partial charge in [0.15, 0.2) is 0 Å². The van der Waals surface area contributed by atoms with Crippen molar-refractivity contribution in [2.24, 2.45) is 0 Å². The first-order valence-corrected chi connectivity index (χ1v) is 7.80. The van der Waals surface area contributed by atoms with Crippen molar-refractivity contribution in [1.82, 2.24) is 0 Å². The molecule has 1 atom stereocenters. The average molecular weight is 296 g/mol. The fourth-order valence-electron chi connectivity index (χ4n) is 4.08. The highest BCUT2D eigenvalue weighted by molar-refractivity contribution is 5.60. The Morgan fingerprint density at radius 3 is 2.18 bits per heavy atom. The zero-order valence-corrected chi connectivity index (χ0v) is 14.0. The van der Waals surface area contributed by atoms with Gasteiger partial charge in [-0.3, -0.25) is 0 Å². The van der Waals surface area contributed by atoms with E-state index in [2.05, 4.69) is 32.9 Å². The number of hydrogen-bond acceptors (Lipinski definition) is 2. The van der Waals surface area contributed by atoms with Crippen LogP contribution in [0.15, 0.2) is 30.3 Å². The van der Waals surface area contributed by atoms with Crippen LogP contribution in [-0.4, -0.2) is 10.2 Å². The van der Waals surface area contributed by atoms with Gasteiger partial charge < -0.3 is 10.2 Å². The molecule has 2 aromatic carbocycles. The van der Waals surface area contributed by atoms with Crippen LogP contribution in [0.25, 0.3) is 0 Å². The molecular weight excluding hydrogens is 272 g/mol. The monoisotopic (exact) mass is 296 g/mol. The number of rotatable bonds is 1. The molecule has 3 rings (SSSR count). The van der Waals surface area contributed by atoms with Crippen molar-refractivity contribution in [3.05, 3.63) is 58.1 Å². The lowest BCUT2D eigenvalue weighted by atomic mass is 9.74. The quantitative estimate of drug-likeness (QED) is 0.800. The molecule has 0 radical (unpaired) electrons. The molecule has 0 fully saturated rings. The Labute approximate surface area is 132 Å². The fraction of sp³-hybridized carbons (Fsp3) is 0.400. The van der Waals surface area contributed by atoms with Crippen molar-refractivity contribution < 1.29 is 10.2 Å². The summed E-state index contributed by atoms with van der Waals surface area (Å²) in [6, 6.07) is 10.0. The van der Waals surface area contributed by atoms with E-state index in [-0.39, 0.29) is 10.8 Å². The summed E-state index contributed by atoms with van der Waals surface area (Å²) in [6.07, 6.45) is 0.912. The second-order valence-corrected chi connectivity index (χ2v) is 7.55. The topological polar surface area (TPSA) is 40.5 Å². The Morgan fingerprint density at radius 2 is 1.55 bits per heavy atom. The molecule has 0 bridgehead atoms. The number of hydrogen-bond donors (Lipinski definition) is 2. The molecule has 0 saturated carbocycles. The van der Waals surface area contributed by atoms with E-state index in [1.807, 2.05) is 32.0 Å². The summed E-state index contributed by atoms with van der Waals surface area (Å²) < 4.78 is 0. The molecule has 2 aromatic rings. The van der Waals surface area contributed by atoms with E-state index in [0.29, 0.717) is 11.5 Å². The van der Waals surface area contributed by atoms with Gasteiger partial charge in [-0.25, -0.2) is 0 Å². The minimum Gasteiger partial charge on any atom is -0.508 e. The van der Waals surface area contributed by atoms with Crippen molar-refractivity contribution in [3.8, 4) is 11.5 Å². The Kier molecular flexibility index (Phi) is 3.07. The van der Waals surface area contributed by atoms with Gasteiger partial charge in [0.05, 0.1) is 0 Å². The predicted octanol–water partition coefficient (Wildman–Crippen LogP) is 4.70. The first-order valence-electron chi connectivity index (χ1n) is 7.80. The molecule has 0 saturated heterocycles. The fourth-order valence-corrected chi connectivity index (χ4v) is 4.08. The first kappa shape index (κ1) is 15.0. The highest BCUT2D eigenvalue weighted by Gasteiger charge is 2.47. The summed E-state index contributed by atoms with van der Waals surface area (Å²) >= 11 is 0. The maximum absolute atomic E-state index is 10.7. The number of aryl methyl sites for hydroxylation is 2. The van der Waals surface area contributed by atoms with Gasteiger partial charge in [0, 0.05) is 11.0 Å². The molecule has 1 aliphatic rings. The third-order valence-corrected chi connectivity index (χ3v) is 5.30. The maximum atomic E-state index is 10.7. The largest absolute Gasteiger partial charge is 0.508 e. The second-order valence-electron chi connectivity index (χ2n) is 7.55. The van der Waals surface area contributed by atoms with Gasteiger partial charge in [0.1, 0.15) is 11.5 Å². The number of benzene rings is 2. The Balaban J connectivity index is 2.29. The van der Waals surface area contributed by atoms with Gasteiger partial charge in [-0.15, -0.1) is 0 Å². The third kappa shape index (κ3) is 1.93. The molecule has 1 aliphatic carbocycles. The lowest BCUT2D eigenvalue weighted by molar-refractivity contribution is 0.408. The molecule has 2 heteroatoms. The van der Waals surface area contributed by atoms with Crippen molar-refractivity contribution in [2.75, 3.05) is 0 Å². The summed E-state index contributed by atoms with van der Waals surface area (Å²) in [7, 11) is 0. The highest BCUT2D eigenvalue weighted by atomic mass is 16.3. The maximum Gasteiger partial charge on any atom is 0.122 e. The molecule has 0 aliphatic heterocycles.